The van der Waals surface area contributed by atoms with Crippen molar-refractivity contribution in [1.82, 2.24) is 14.2 Å². The molecule has 0 spiro atoms. The molecule has 0 saturated carbocycles. The standard InChI is InChI=1S/C18H19N3O3/c1-5-12-9-21-15(16(12)14-6-7-19-20(14)4)8-13(18(23)24)10(2)17(21)11(3)22/h6-9H,5H2,1-4H3,(H,23,24). The summed E-state index contributed by atoms with van der Waals surface area (Å²) in [4.78, 5) is 23.8. The molecule has 3 heterocycles. The summed E-state index contributed by atoms with van der Waals surface area (Å²) in [6, 6.07) is 3.54. The molecule has 3 aromatic rings. The zero-order valence-electron chi connectivity index (χ0n) is 14.1. The minimum absolute atomic E-state index is 0.150. The number of rotatable bonds is 4. The zero-order valence-corrected chi connectivity index (χ0v) is 14.1. The minimum Gasteiger partial charge on any atom is -0.478 e. The van der Waals surface area contributed by atoms with Crippen LogP contribution in [0.3, 0.4) is 0 Å². The van der Waals surface area contributed by atoms with E-state index in [4.69, 9.17) is 0 Å². The molecule has 6 nitrogen and oxygen atoms in total. The molecule has 3 aromatic heterocycles. The molecule has 0 atom stereocenters. The van der Waals surface area contributed by atoms with Crippen molar-refractivity contribution in [2.24, 2.45) is 7.05 Å². The Morgan fingerprint density at radius 2 is 2.04 bits per heavy atom. The lowest BCUT2D eigenvalue weighted by atomic mass is 10.0. The predicted molar refractivity (Wildman–Crippen MR) is 90.7 cm³/mol. The number of ketones is 1. The summed E-state index contributed by atoms with van der Waals surface area (Å²) < 4.78 is 3.56. The zero-order chi connectivity index (χ0) is 17.6. The van der Waals surface area contributed by atoms with E-state index in [2.05, 4.69) is 5.10 Å². The Bertz CT molecular complexity index is 979. The second kappa shape index (κ2) is 5.63. The molecule has 6 heteroatoms. The summed E-state index contributed by atoms with van der Waals surface area (Å²) in [5.41, 5.74) is 4.61. The molecule has 0 fully saturated rings. The number of aromatic nitrogens is 3. The molecule has 0 bridgehead atoms. The molecule has 0 radical (unpaired) electrons. The first-order chi connectivity index (χ1) is 11.4. The van der Waals surface area contributed by atoms with Gasteiger partial charge in [-0.2, -0.15) is 5.10 Å². The molecule has 0 unspecified atom stereocenters. The largest absolute Gasteiger partial charge is 0.478 e. The van der Waals surface area contributed by atoms with Gasteiger partial charge in [0.05, 0.1) is 22.5 Å². The number of carbonyl (C=O) groups excluding carboxylic acids is 1. The van der Waals surface area contributed by atoms with Gasteiger partial charge in [-0.1, -0.05) is 6.92 Å². The number of nitrogens with zero attached hydrogens (tertiary/aromatic N) is 3. The number of carboxylic acid groups (broad SMARTS) is 1. The lowest BCUT2D eigenvalue weighted by molar-refractivity contribution is 0.0696. The average Bonchev–Trinajstić information content (AvgIpc) is 3.08. The first-order valence-electron chi connectivity index (χ1n) is 7.76. The highest BCUT2D eigenvalue weighted by molar-refractivity contribution is 6.02. The van der Waals surface area contributed by atoms with Crippen molar-refractivity contribution in [3.8, 4) is 11.3 Å². The van der Waals surface area contributed by atoms with Gasteiger partial charge in [-0.15, -0.1) is 0 Å². The van der Waals surface area contributed by atoms with Crippen molar-refractivity contribution < 1.29 is 14.7 Å². The summed E-state index contributed by atoms with van der Waals surface area (Å²) in [5, 5.41) is 13.7. The topological polar surface area (TPSA) is 76.6 Å². The molecule has 1 N–H and O–H groups in total. The van der Waals surface area contributed by atoms with Crippen LogP contribution in [-0.2, 0) is 13.5 Å². The normalized spacial score (nSPS) is 11.2. The van der Waals surface area contributed by atoms with Crippen LogP contribution in [0.2, 0.25) is 0 Å². The van der Waals surface area contributed by atoms with E-state index in [-0.39, 0.29) is 11.3 Å². The Morgan fingerprint density at radius 3 is 2.54 bits per heavy atom. The van der Waals surface area contributed by atoms with Crippen molar-refractivity contribution in [3.05, 3.63) is 46.9 Å². The van der Waals surface area contributed by atoms with E-state index in [1.54, 1.807) is 23.9 Å². The van der Waals surface area contributed by atoms with Crippen LogP contribution < -0.4 is 0 Å². The first-order valence-corrected chi connectivity index (χ1v) is 7.76. The van der Waals surface area contributed by atoms with E-state index in [0.717, 1.165) is 23.2 Å². The summed E-state index contributed by atoms with van der Waals surface area (Å²) in [7, 11) is 1.84. The third-order valence-corrected chi connectivity index (χ3v) is 4.42. The molecule has 124 valence electrons. The van der Waals surface area contributed by atoms with Crippen LogP contribution in [0.1, 0.15) is 45.8 Å². The second-order valence-corrected chi connectivity index (χ2v) is 5.87. The average molecular weight is 325 g/mol. The third kappa shape index (κ3) is 2.22. The number of Topliss-reactive ketones (excluding diaryl/α,β-unsaturated/α-hetero) is 1. The van der Waals surface area contributed by atoms with Gasteiger partial charge in [-0.25, -0.2) is 4.79 Å². The molecule has 0 aliphatic rings. The fourth-order valence-electron chi connectivity index (χ4n) is 3.29. The van der Waals surface area contributed by atoms with Gasteiger partial charge in [0.15, 0.2) is 5.78 Å². The lowest BCUT2D eigenvalue weighted by Crippen LogP contribution is -2.11. The summed E-state index contributed by atoms with van der Waals surface area (Å²) in [6.07, 6.45) is 4.39. The maximum Gasteiger partial charge on any atom is 0.336 e. The SMILES string of the molecule is CCc1cn2c(C(C)=O)c(C)c(C(=O)O)cc2c1-c1ccnn1C. The number of carboxylic acids is 1. The van der Waals surface area contributed by atoms with E-state index in [9.17, 15) is 14.7 Å². The Morgan fingerprint density at radius 1 is 1.33 bits per heavy atom. The second-order valence-electron chi connectivity index (χ2n) is 5.87. The Balaban J connectivity index is 2.52. The predicted octanol–water partition coefficient (Wildman–Crippen LogP) is 3.11. The van der Waals surface area contributed by atoms with Crippen LogP contribution in [0, 0.1) is 6.92 Å². The fraction of sp³-hybridized carbons (Fsp3) is 0.278. The number of aromatic carboxylic acids is 1. The quantitative estimate of drug-likeness (QED) is 0.748. The van der Waals surface area contributed by atoms with Crippen LogP contribution in [0.15, 0.2) is 24.5 Å². The number of hydrogen-bond donors (Lipinski definition) is 1. The highest BCUT2D eigenvalue weighted by Crippen LogP contribution is 2.33. The van der Waals surface area contributed by atoms with E-state index in [1.165, 1.54) is 6.92 Å². The van der Waals surface area contributed by atoms with Gasteiger partial charge in [0.2, 0.25) is 0 Å². The van der Waals surface area contributed by atoms with E-state index >= 15 is 0 Å². The van der Waals surface area contributed by atoms with E-state index in [0.29, 0.717) is 16.8 Å². The maximum absolute atomic E-state index is 12.2. The number of aryl methyl sites for hydroxylation is 2. The number of pyridine rings is 1. The molecular weight excluding hydrogens is 306 g/mol. The molecular formula is C18H19N3O3. The third-order valence-electron chi connectivity index (χ3n) is 4.42. The van der Waals surface area contributed by atoms with E-state index in [1.807, 2.05) is 30.6 Å². The highest BCUT2D eigenvalue weighted by atomic mass is 16.4. The Kier molecular flexibility index (Phi) is 3.75. The van der Waals surface area contributed by atoms with Crippen molar-refractivity contribution in [3.63, 3.8) is 0 Å². The molecule has 0 saturated heterocycles. The van der Waals surface area contributed by atoms with Gasteiger partial charge in [0.25, 0.3) is 0 Å². The number of hydrogen-bond acceptors (Lipinski definition) is 3. The van der Waals surface area contributed by atoms with Crippen LogP contribution in [0.5, 0.6) is 0 Å². The van der Waals surface area contributed by atoms with Crippen LogP contribution in [0.4, 0.5) is 0 Å². The molecule has 0 aliphatic carbocycles. The minimum atomic E-state index is -1.03. The number of carbonyl (C=O) groups is 2. The van der Waals surface area contributed by atoms with E-state index < -0.39 is 5.97 Å². The van der Waals surface area contributed by atoms with Crippen molar-refractivity contribution in [2.75, 3.05) is 0 Å². The molecule has 0 amide bonds. The van der Waals surface area contributed by atoms with Gasteiger partial charge >= 0.3 is 5.97 Å². The fourth-order valence-corrected chi connectivity index (χ4v) is 3.29. The maximum atomic E-state index is 12.2. The van der Waals surface area contributed by atoms with Crippen molar-refractivity contribution >= 4 is 17.3 Å². The summed E-state index contributed by atoms with van der Waals surface area (Å²) >= 11 is 0. The summed E-state index contributed by atoms with van der Waals surface area (Å²) in [6.45, 7) is 5.17. The Labute approximate surface area is 139 Å². The molecule has 3 rings (SSSR count). The summed E-state index contributed by atoms with van der Waals surface area (Å²) in [5.74, 6) is -1.19. The van der Waals surface area contributed by atoms with Crippen molar-refractivity contribution in [2.45, 2.75) is 27.2 Å². The highest BCUT2D eigenvalue weighted by Gasteiger charge is 2.22. The lowest BCUT2D eigenvalue weighted by Gasteiger charge is -2.11. The van der Waals surface area contributed by atoms with Gasteiger partial charge in [-0.05, 0) is 36.6 Å². The first kappa shape index (κ1) is 16.0. The van der Waals surface area contributed by atoms with Gasteiger partial charge < -0.3 is 9.51 Å². The van der Waals surface area contributed by atoms with Crippen molar-refractivity contribution in [1.29, 1.82) is 0 Å². The molecule has 24 heavy (non-hydrogen) atoms. The molecule has 0 aromatic carbocycles. The molecule has 0 aliphatic heterocycles. The number of fused-ring (bicyclic) bond motifs is 1. The van der Waals surface area contributed by atoms with Crippen LogP contribution in [0.25, 0.3) is 16.8 Å². The Hall–Kier alpha value is -2.89. The van der Waals surface area contributed by atoms with Crippen LogP contribution >= 0.6 is 0 Å². The monoisotopic (exact) mass is 325 g/mol. The van der Waals surface area contributed by atoms with Gasteiger partial charge in [0.1, 0.15) is 0 Å². The van der Waals surface area contributed by atoms with Gasteiger partial charge in [0, 0.05) is 31.9 Å². The smallest absolute Gasteiger partial charge is 0.336 e. The van der Waals surface area contributed by atoms with Crippen LogP contribution in [-0.4, -0.2) is 31.0 Å². The van der Waals surface area contributed by atoms with Gasteiger partial charge in [-0.3, -0.25) is 9.48 Å².